The fourth-order valence-electron chi connectivity index (χ4n) is 3.28. The van der Waals surface area contributed by atoms with Crippen molar-refractivity contribution in [1.82, 2.24) is 15.1 Å². The van der Waals surface area contributed by atoms with Gasteiger partial charge in [-0.1, -0.05) is 24.3 Å². The number of amides is 1. The summed E-state index contributed by atoms with van der Waals surface area (Å²) in [6.07, 6.45) is -0.240. The lowest BCUT2D eigenvalue weighted by atomic mass is 10.1. The Labute approximate surface area is 138 Å². The number of aliphatic hydroxyl groups is 1. The van der Waals surface area contributed by atoms with Crippen LogP contribution in [0, 0.1) is 13.8 Å². The Morgan fingerprint density at radius 3 is 2.79 bits per heavy atom. The summed E-state index contributed by atoms with van der Waals surface area (Å²) in [5, 5.41) is 16.8. The van der Waals surface area contributed by atoms with Crippen LogP contribution in [0.3, 0.4) is 0 Å². The van der Waals surface area contributed by atoms with Crippen molar-refractivity contribution < 1.29 is 18.7 Å². The molecule has 0 saturated carbocycles. The molecule has 3 rings (SSSR count). The van der Waals surface area contributed by atoms with E-state index in [1.807, 2.05) is 24.3 Å². The van der Waals surface area contributed by atoms with Crippen molar-refractivity contribution in [1.29, 1.82) is 0 Å². The van der Waals surface area contributed by atoms with Crippen LogP contribution >= 0.6 is 0 Å². The molecule has 0 radical (unpaired) electrons. The van der Waals surface area contributed by atoms with E-state index in [9.17, 15) is 18.7 Å². The zero-order chi connectivity index (χ0) is 17.4. The molecular formula is C17H19F2N3O2. The van der Waals surface area contributed by atoms with Crippen LogP contribution in [-0.2, 0) is 17.6 Å². The molecule has 1 amide bonds. The normalized spacial score (nSPS) is 19.6. The zero-order valence-corrected chi connectivity index (χ0v) is 13.5. The minimum Gasteiger partial charge on any atom is -0.390 e. The summed E-state index contributed by atoms with van der Waals surface area (Å²) in [7, 11) is 0. The minimum atomic E-state index is -2.73. The lowest BCUT2D eigenvalue weighted by Gasteiger charge is -2.18. The van der Waals surface area contributed by atoms with Crippen LogP contribution in [0.15, 0.2) is 24.3 Å². The Hall–Kier alpha value is -2.28. The molecule has 0 spiro atoms. The van der Waals surface area contributed by atoms with Gasteiger partial charge in [-0.05, 0) is 25.0 Å². The average molecular weight is 335 g/mol. The van der Waals surface area contributed by atoms with Gasteiger partial charge in [0.05, 0.1) is 24.3 Å². The van der Waals surface area contributed by atoms with Gasteiger partial charge in [0, 0.05) is 17.7 Å². The number of carbonyl (C=O) groups is 1. The summed E-state index contributed by atoms with van der Waals surface area (Å²) < 4.78 is 26.4. The monoisotopic (exact) mass is 335 g/mol. The smallest absolute Gasteiger partial charge is 0.333 e. The second-order valence-electron chi connectivity index (χ2n) is 6.06. The lowest BCUT2D eigenvalue weighted by Crippen LogP contribution is -2.35. The number of carbonyl (C=O) groups excluding carboxylic acids is 1. The topological polar surface area (TPSA) is 67.2 Å². The number of nitrogens with one attached hydrogen (secondary N) is 1. The van der Waals surface area contributed by atoms with Gasteiger partial charge in [-0.2, -0.15) is 13.9 Å². The maximum atomic E-state index is 12.9. The van der Waals surface area contributed by atoms with Gasteiger partial charge < -0.3 is 10.4 Å². The molecule has 2 N–H and O–H groups in total. The van der Waals surface area contributed by atoms with E-state index in [4.69, 9.17) is 0 Å². The molecule has 2 aromatic rings. The summed E-state index contributed by atoms with van der Waals surface area (Å²) in [5.41, 5.74) is 3.09. The molecule has 24 heavy (non-hydrogen) atoms. The van der Waals surface area contributed by atoms with E-state index in [1.54, 1.807) is 6.92 Å². The van der Waals surface area contributed by atoms with Gasteiger partial charge in [0.15, 0.2) is 0 Å². The largest absolute Gasteiger partial charge is 0.390 e. The number of aliphatic hydroxyl groups excluding tert-OH is 1. The maximum Gasteiger partial charge on any atom is 0.333 e. The molecule has 0 aliphatic heterocycles. The number of rotatable bonds is 4. The molecule has 2 atom stereocenters. The number of alkyl halides is 2. The molecule has 1 aliphatic rings. The second kappa shape index (κ2) is 6.32. The first-order valence-corrected chi connectivity index (χ1v) is 7.76. The van der Waals surface area contributed by atoms with Crippen molar-refractivity contribution >= 4 is 5.91 Å². The van der Waals surface area contributed by atoms with Gasteiger partial charge in [-0.25, -0.2) is 4.68 Å². The Bertz CT molecular complexity index is 773. The maximum absolute atomic E-state index is 12.9. The quantitative estimate of drug-likeness (QED) is 0.900. The Balaban J connectivity index is 1.75. The predicted molar refractivity (Wildman–Crippen MR) is 83.7 cm³/mol. The fourth-order valence-corrected chi connectivity index (χ4v) is 3.28. The van der Waals surface area contributed by atoms with Gasteiger partial charge in [0.1, 0.15) is 0 Å². The molecule has 7 heteroatoms. The van der Waals surface area contributed by atoms with E-state index >= 15 is 0 Å². The SMILES string of the molecule is Cc1nn(C(F)F)c(C)c1CC(=O)N[C@H]1c2ccccc2C[C@@H]1O. The summed E-state index contributed by atoms with van der Waals surface area (Å²) >= 11 is 0. The standard InChI is InChI=1S/C17H19F2N3O2/c1-9-13(10(2)22(21-9)17(18)19)8-15(24)20-16-12-6-4-3-5-11(12)7-14(16)23/h3-6,14,16-17,23H,7-8H2,1-2H3,(H,20,24)/t14-,16-/m0/s1. The molecular weight excluding hydrogens is 316 g/mol. The second-order valence-corrected chi connectivity index (χ2v) is 6.06. The summed E-state index contributed by atoms with van der Waals surface area (Å²) in [4.78, 5) is 12.4. The molecule has 1 heterocycles. The number of aromatic nitrogens is 2. The van der Waals surface area contributed by atoms with Crippen molar-refractivity contribution in [2.24, 2.45) is 0 Å². The van der Waals surface area contributed by atoms with Gasteiger partial charge in [-0.15, -0.1) is 0 Å². The summed E-state index contributed by atoms with van der Waals surface area (Å²) in [5.74, 6) is -0.323. The van der Waals surface area contributed by atoms with E-state index < -0.39 is 18.7 Å². The predicted octanol–water partition coefficient (Wildman–Crippen LogP) is 2.21. The minimum absolute atomic E-state index is 0.0459. The Morgan fingerprint density at radius 2 is 2.12 bits per heavy atom. The number of nitrogens with zero attached hydrogens (tertiary/aromatic N) is 2. The number of aryl methyl sites for hydroxylation is 1. The van der Waals surface area contributed by atoms with Crippen LogP contribution in [-0.4, -0.2) is 26.9 Å². The summed E-state index contributed by atoms with van der Waals surface area (Å²) in [6.45, 7) is 0.395. The molecule has 1 aromatic carbocycles. The van der Waals surface area contributed by atoms with E-state index in [-0.39, 0.29) is 18.0 Å². The van der Waals surface area contributed by atoms with Crippen LogP contribution < -0.4 is 5.32 Å². The number of hydrogen-bond donors (Lipinski definition) is 2. The van der Waals surface area contributed by atoms with Crippen molar-refractivity contribution in [2.75, 3.05) is 0 Å². The van der Waals surface area contributed by atoms with Crippen LogP contribution in [0.1, 0.15) is 40.7 Å². The van der Waals surface area contributed by atoms with Crippen molar-refractivity contribution in [3.63, 3.8) is 0 Å². The van der Waals surface area contributed by atoms with Gasteiger partial charge in [-0.3, -0.25) is 4.79 Å². The molecule has 1 aromatic heterocycles. The number of benzene rings is 1. The van der Waals surface area contributed by atoms with Gasteiger partial charge in [0.2, 0.25) is 5.91 Å². The third-order valence-corrected chi connectivity index (χ3v) is 4.52. The van der Waals surface area contributed by atoms with Crippen LogP contribution in [0.25, 0.3) is 0 Å². The number of fused-ring (bicyclic) bond motifs is 1. The first kappa shape index (κ1) is 16.6. The van der Waals surface area contributed by atoms with E-state index in [0.717, 1.165) is 11.1 Å². The van der Waals surface area contributed by atoms with Crippen LogP contribution in [0.5, 0.6) is 0 Å². The molecule has 128 valence electrons. The fraction of sp³-hybridized carbons (Fsp3) is 0.412. The first-order chi connectivity index (χ1) is 11.4. The molecule has 5 nitrogen and oxygen atoms in total. The highest BCUT2D eigenvalue weighted by atomic mass is 19.3. The Kier molecular flexibility index (Phi) is 4.36. The highest BCUT2D eigenvalue weighted by Gasteiger charge is 2.32. The van der Waals surface area contributed by atoms with Crippen LogP contribution in [0.2, 0.25) is 0 Å². The highest BCUT2D eigenvalue weighted by molar-refractivity contribution is 5.79. The molecule has 1 aliphatic carbocycles. The van der Waals surface area contributed by atoms with Gasteiger partial charge >= 0.3 is 6.55 Å². The van der Waals surface area contributed by atoms with E-state index in [2.05, 4.69) is 10.4 Å². The zero-order valence-electron chi connectivity index (χ0n) is 13.5. The molecule has 0 bridgehead atoms. The van der Waals surface area contributed by atoms with Crippen molar-refractivity contribution in [2.45, 2.75) is 45.4 Å². The third-order valence-electron chi connectivity index (χ3n) is 4.52. The van der Waals surface area contributed by atoms with Crippen LogP contribution in [0.4, 0.5) is 8.78 Å². The molecule has 0 saturated heterocycles. The third kappa shape index (κ3) is 2.91. The van der Waals surface area contributed by atoms with Gasteiger partial charge in [0.25, 0.3) is 0 Å². The number of hydrogen-bond acceptors (Lipinski definition) is 3. The van der Waals surface area contributed by atoms with Crippen molar-refractivity contribution in [3.05, 3.63) is 52.3 Å². The van der Waals surface area contributed by atoms with Crippen molar-refractivity contribution in [3.8, 4) is 0 Å². The summed E-state index contributed by atoms with van der Waals surface area (Å²) in [6, 6.07) is 7.07. The van der Waals surface area contributed by atoms with E-state index in [0.29, 0.717) is 22.4 Å². The molecule has 0 unspecified atom stereocenters. The van der Waals surface area contributed by atoms with E-state index in [1.165, 1.54) is 6.92 Å². The Morgan fingerprint density at radius 1 is 1.42 bits per heavy atom. The highest BCUT2D eigenvalue weighted by Crippen LogP contribution is 2.31. The number of halogens is 2. The first-order valence-electron chi connectivity index (χ1n) is 7.76. The lowest BCUT2D eigenvalue weighted by molar-refractivity contribution is -0.122. The average Bonchev–Trinajstić information content (AvgIpc) is 2.99. The molecule has 0 fully saturated rings.